The molecule has 0 aliphatic rings. The molecule has 1 amide bonds. The number of pyridine rings is 1. The number of nitrogens with one attached hydrogen (secondary N) is 2. The Bertz CT molecular complexity index is 736. The van der Waals surface area contributed by atoms with Crippen LogP contribution in [0.4, 0.5) is 5.95 Å². The van der Waals surface area contributed by atoms with Crippen LogP contribution >= 0.6 is 0 Å². The quantitative estimate of drug-likeness (QED) is 0.730. The zero-order chi connectivity index (χ0) is 13.2. The Morgan fingerprint density at radius 3 is 2.95 bits per heavy atom. The molecule has 1 aromatic carbocycles. The van der Waals surface area contributed by atoms with Gasteiger partial charge in [0.2, 0.25) is 5.95 Å². The van der Waals surface area contributed by atoms with Crippen LogP contribution in [-0.4, -0.2) is 26.1 Å². The number of H-pyrrole nitrogens is 1. The highest BCUT2D eigenvalue weighted by molar-refractivity contribution is 6.05. The minimum Gasteiger partial charge on any atom is -0.291 e. The van der Waals surface area contributed by atoms with Crippen LogP contribution in [0.25, 0.3) is 10.9 Å². The van der Waals surface area contributed by atoms with Gasteiger partial charge in [0, 0.05) is 5.39 Å². The smallest absolute Gasteiger partial charge is 0.259 e. The van der Waals surface area contributed by atoms with Gasteiger partial charge in [0.15, 0.2) is 0 Å². The second kappa shape index (κ2) is 4.49. The Hall–Kier alpha value is -2.76. The summed E-state index contributed by atoms with van der Waals surface area (Å²) in [4.78, 5) is 20.4. The third kappa shape index (κ3) is 2.15. The van der Waals surface area contributed by atoms with Crippen molar-refractivity contribution >= 4 is 22.8 Å². The van der Waals surface area contributed by atoms with Crippen molar-refractivity contribution in [2.75, 3.05) is 5.32 Å². The lowest BCUT2D eigenvalue weighted by Crippen LogP contribution is -2.15. The third-order valence-electron chi connectivity index (χ3n) is 2.81. The Labute approximate surface area is 108 Å². The van der Waals surface area contributed by atoms with E-state index >= 15 is 0 Å². The van der Waals surface area contributed by atoms with Crippen molar-refractivity contribution in [1.29, 1.82) is 0 Å². The monoisotopic (exact) mass is 253 g/mol. The number of hydrogen-bond acceptors (Lipinski definition) is 4. The maximum Gasteiger partial charge on any atom is 0.259 e. The zero-order valence-corrected chi connectivity index (χ0v) is 10.2. The van der Waals surface area contributed by atoms with E-state index in [9.17, 15) is 4.79 Å². The maximum absolute atomic E-state index is 12.1. The van der Waals surface area contributed by atoms with Gasteiger partial charge in [0.1, 0.15) is 6.33 Å². The van der Waals surface area contributed by atoms with Crippen molar-refractivity contribution in [2.45, 2.75) is 6.92 Å². The molecule has 0 aliphatic heterocycles. The van der Waals surface area contributed by atoms with Crippen LogP contribution in [0, 0.1) is 6.92 Å². The number of nitrogens with zero attached hydrogens (tertiary/aromatic N) is 3. The lowest BCUT2D eigenvalue weighted by Gasteiger charge is -2.06. The summed E-state index contributed by atoms with van der Waals surface area (Å²) < 4.78 is 0. The second-order valence-electron chi connectivity index (χ2n) is 4.10. The largest absolute Gasteiger partial charge is 0.291 e. The van der Waals surface area contributed by atoms with E-state index < -0.39 is 0 Å². The molecule has 0 aliphatic carbocycles. The van der Waals surface area contributed by atoms with E-state index in [4.69, 9.17) is 0 Å². The highest BCUT2D eigenvalue weighted by Crippen LogP contribution is 2.16. The first-order valence-corrected chi connectivity index (χ1v) is 5.77. The summed E-state index contributed by atoms with van der Waals surface area (Å²) in [5.74, 6) is 0.0602. The molecular weight excluding hydrogens is 242 g/mol. The van der Waals surface area contributed by atoms with Gasteiger partial charge >= 0.3 is 0 Å². The van der Waals surface area contributed by atoms with Gasteiger partial charge in [-0.15, -0.1) is 0 Å². The van der Waals surface area contributed by atoms with Gasteiger partial charge in [-0.2, -0.15) is 10.1 Å². The van der Waals surface area contributed by atoms with E-state index in [1.54, 1.807) is 0 Å². The molecule has 0 radical (unpaired) electrons. The van der Waals surface area contributed by atoms with E-state index in [2.05, 4.69) is 25.5 Å². The van der Waals surface area contributed by atoms with Crippen LogP contribution in [0.5, 0.6) is 0 Å². The van der Waals surface area contributed by atoms with Crippen molar-refractivity contribution in [3.05, 3.63) is 47.9 Å². The summed E-state index contributed by atoms with van der Waals surface area (Å²) in [6, 6.07) is 9.50. The van der Waals surface area contributed by atoms with E-state index in [0.29, 0.717) is 17.2 Å². The van der Waals surface area contributed by atoms with E-state index in [1.807, 2.05) is 37.3 Å². The first-order chi connectivity index (χ1) is 9.24. The summed E-state index contributed by atoms with van der Waals surface area (Å²) in [7, 11) is 0. The summed E-state index contributed by atoms with van der Waals surface area (Å²) in [6.07, 6.45) is 1.33. The highest BCUT2D eigenvalue weighted by atomic mass is 16.1. The van der Waals surface area contributed by atoms with Crippen LogP contribution in [0.2, 0.25) is 0 Å². The first-order valence-electron chi connectivity index (χ1n) is 5.77. The molecule has 94 valence electrons. The summed E-state index contributed by atoms with van der Waals surface area (Å²) in [5.41, 5.74) is 2.07. The van der Waals surface area contributed by atoms with Gasteiger partial charge < -0.3 is 0 Å². The predicted octanol–water partition coefficient (Wildman–Crippen LogP) is 1.91. The van der Waals surface area contributed by atoms with Gasteiger partial charge in [-0.05, 0) is 19.1 Å². The molecule has 0 fully saturated rings. The summed E-state index contributed by atoms with van der Waals surface area (Å²) in [6.45, 7) is 1.81. The van der Waals surface area contributed by atoms with Crippen LogP contribution in [0.15, 0.2) is 36.7 Å². The Balaban J connectivity index is 1.99. The molecule has 2 heterocycles. The van der Waals surface area contributed by atoms with E-state index in [0.717, 1.165) is 10.9 Å². The number of anilines is 1. The van der Waals surface area contributed by atoms with Crippen LogP contribution in [0.3, 0.4) is 0 Å². The molecular formula is C13H11N5O. The number of hydrogen-bond donors (Lipinski definition) is 2. The average molecular weight is 253 g/mol. The van der Waals surface area contributed by atoms with Gasteiger partial charge in [0.25, 0.3) is 5.91 Å². The van der Waals surface area contributed by atoms with Gasteiger partial charge in [0.05, 0.1) is 16.8 Å². The van der Waals surface area contributed by atoms with Crippen LogP contribution in [0.1, 0.15) is 16.1 Å². The number of aromatic amines is 1. The highest BCUT2D eigenvalue weighted by Gasteiger charge is 2.12. The minimum absolute atomic E-state index is 0.257. The second-order valence-corrected chi connectivity index (χ2v) is 4.10. The molecule has 0 atom stereocenters. The van der Waals surface area contributed by atoms with E-state index in [1.165, 1.54) is 6.33 Å². The molecule has 6 heteroatoms. The number of aromatic nitrogens is 4. The number of carbonyl (C=O) groups excluding carboxylic acids is 1. The van der Waals surface area contributed by atoms with Crippen molar-refractivity contribution in [2.24, 2.45) is 0 Å². The zero-order valence-electron chi connectivity index (χ0n) is 10.2. The third-order valence-corrected chi connectivity index (χ3v) is 2.81. The molecule has 2 N–H and O–H groups in total. The number of amides is 1. The van der Waals surface area contributed by atoms with Crippen molar-refractivity contribution in [1.82, 2.24) is 20.2 Å². The minimum atomic E-state index is -0.257. The fourth-order valence-electron chi connectivity index (χ4n) is 1.88. The van der Waals surface area contributed by atoms with E-state index in [-0.39, 0.29) is 5.91 Å². The molecule has 6 nitrogen and oxygen atoms in total. The van der Waals surface area contributed by atoms with Gasteiger partial charge in [-0.25, -0.2) is 5.10 Å². The molecule has 19 heavy (non-hydrogen) atoms. The number of para-hydroxylation sites is 1. The molecule has 3 rings (SSSR count). The maximum atomic E-state index is 12.1. The van der Waals surface area contributed by atoms with Gasteiger partial charge in [-0.3, -0.25) is 15.1 Å². The van der Waals surface area contributed by atoms with Gasteiger partial charge in [-0.1, -0.05) is 18.2 Å². The van der Waals surface area contributed by atoms with Crippen molar-refractivity contribution in [3.63, 3.8) is 0 Å². The lowest BCUT2D eigenvalue weighted by atomic mass is 10.1. The Morgan fingerprint density at radius 2 is 2.16 bits per heavy atom. The molecule has 0 spiro atoms. The summed E-state index contributed by atoms with van der Waals surface area (Å²) in [5, 5.41) is 9.82. The molecule has 0 bridgehead atoms. The normalized spacial score (nSPS) is 10.6. The first kappa shape index (κ1) is 11.3. The molecule has 0 saturated carbocycles. The van der Waals surface area contributed by atoms with Crippen molar-refractivity contribution < 1.29 is 4.79 Å². The number of aryl methyl sites for hydroxylation is 1. The Morgan fingerprint density at radius 1 is 1.32 bits per heavy atom. The fourth-order valence-corrected chi connectivity index (χ4v) is 1.88. The van der Waals surface area contributed by atoms with Crippen molar-refractivity contribution in [3.8, 4) is 0 Å². The number of rotatable bonds is 2. The number of benzene rings is 1. The van der Waals surface area contributed by atoms with Crippen LogP contribution in [-0.2, 0) is 0 Å². The number of carbonyl (C=O) groups is 1. The number of fused-ring (bicyclic) bond motifs is 1. The van der Waals surface area contributed by atoms with Crippen LogP contribution < -0.4 is 5.32 Å². The molecule has 0 saturated heterocycles. The summed E-state index contributed by atoms with van der Waals surface area (Å²) >= 11 is 0. The fraction of sp³-hybridized carbons (Fsp3) is 0.0769. The SMILES string of the molecule is Cc1nc2ccccc2cc1C(=O)Nc1ncn[nH]1. The molecule has 3 aromatic rings. The molecule has 2 aromatic heterocycles. The average Bonchev–Trinajstić information content (AvgIpc) is 2.90. The standard InChI is InChI=1S/C13H11N5O/c1-8-10(12(19)17-13-14-7-15-18-13)6-9-4-2-3-5-11(9)16-8/h2-7H,1H3,(H2,14,15,17,18,19). The molecule has 0 unspecified atom stereocenters. The lowest BCUT2D eigenvalue weighted by molar-refractivity contribution is 0.102. The Kier molecular flexibility index (Phi) is 2.68. The topological polar surface area (TPSA) is 83.6 Å². The predicted molar refractivity (Wildman–Crippen MR) is 70.8 cm³/mol.